The molecule has 1 fully saturated rings. The highest BCUT2D eigenvalue weighted by Crippen LogP contribution is 2.49. The van der Waals surface area contributed by atoms with E-state index in [9.17, 15) is 19.5 Å². The van der Waals surface area contributed by atoms with Crippen molar-refractivity contribution in [2.75, 3.05) is 6.54 Å². The van der Waals surface area contributed by atoms with Gasteiger partial charge < -0.3 is 15.2 Å². The monoisotopic (exact) mass is 424 g/mol. The molecule has 2 amide bonds. The van der Waals surface area contributed by atoms with E-state index in [0.29, 0.717) is 6.42 Å². The number of nitrogens with zero attached hydrogens (tertiary/aromatic N) is 1. The summed E-state index contributed by atoms with van der Waals surface area (Å²) in [4.78, 5) is 40.1. The van der Waals surface area contributed by atoms with Crippen LogP contribution in [0.2, 0.25) is 0 Å². The molecule has 7 nitrogen and oxygen atoms in total. The Hall–Kier alpha value is -2.05. The summed E-state index contributed by atoms with van der Waals surface area (Å²) in [5.74, 6) is -1.17. The van der Waals surface area contributed by atoms with Crippen molar-refractivity contribution in [3.63, 3.8) is 0 Å². The molecule has 172 valence electrons. The first kappa shape index (κ1) is 26.0. The number of esters is 1. The van der Waals surface area contributed by atoms with Gasteiger partial charge in [0.1, 0.15) is 17.2 Å². The van der Waals surface area contributed by atoms with Crippen LogP contribution < -0.4 is 5.32 Å². The molecule has 0 aromatic heterocycles. The van der Waals surface area contributed by atoms with Gasteiger partial charge >= 0.3 is 12.1 Å². The molecule has 30 heavy (non-hydrogen) atoms. The highest BCUT2D eigenvalue weighted by molar-refractivity contribution is 5.95. The van der Waals surface area contributed by atoms with Crippen molar-refractivity contribution in [3.8, 4) is 0 Å². The van der Waals surface area contributed by atoms with E-state index in [0.717, 1.165) is 5.57 Å². The van der Waals surface area contributed by atoms with Crippen molar-refractivity contribution in [2.45, 2.75) is 92.8 Å². The smallest absolute Gasteiger partial charge is 0.408 e. The average Bonchev–Trinajstić information content (AvgIpc) is 2.85. The maximum atomic E-state index is 13.8. The van der Waals surface area contributed by atoms with Crippen molar-refractivity contribution in [1.29, 1.82) is 0 Å². The molecule has 1 heterocycles. The molecule has 3 unspecified atom stereocenters. The normalized spacial score (nSPS) is 24.8. The van der Waals surface area contributed by atoms with E-state index in [1.54, 1.807) is 20.8 Å². The van der Waals surface area contributed by atoms with Crippen molar-refractivity contribution >= 4 is 18.0 Å². The number of allylic oxidation sites excluding steroid dienone is 1. The van der Waals surface area contributed by atoms with Gasteiger partial charge in [-0.15, -0.1) is 0 Å². The molecular formula is C23H40N2O5. The van der Waals surface area contributed by atoms with Gasteiger partial charge in [0, 0.05) is 12.5 Å². The van der Waals surface area contributed by atoms with E-state index < -0.39 is 40.6 Å². The van der Waals surface area contributed by atoms with Crippen LogP contribution >= 0.6 is 0 Å². The fraction of sp³-hybridized carbons (Fsp3) is 0.783. The van der Waals surface area contributed by atoms with Gasteiger partial charge in [0.15, 0.2) is 0 Å². The molecule has 1 aliphatic rings. The molecule has 1 aliphatic heterocycles. The molecule has 7 heteroatoms. The second-order valence-electron chi connectivity index (χ2n) is 10.7. The fourth-order valence-corrected chi connectivity index (χ4v) is 4.55. The summed E-state index contributed by atoms with van der Waals surface area (Å²) in [5, 5.41) is 12.8. The molecule has 2 N–H and O–H groups in total. The Bertz CT molecular complexity index is 699. The lowest BCUT2D eigenvalue weighted by Crippen LogP contribution is -2.68. The minimum absolute atomic E-state index is 0.135. The number of hydrogen-bond donors (Lipinski definition) is 2. The zero-order chi connectivity index (χ0) is 23.7. The van der Waals surface area contributed by atoms with Crippen LogP contribution in [0, 0.1) is 17.3 Å². The van der Waals surface area contributed by atoms with Crippen LogP contribution in [0.25, 0.3) is 0 Å². The topological polar surface area (TPSA) is 95.9 Å². The first-order valence-electron chi connectivity index (χ1n) is 10.7. The summed E-state index contributed by atoms with van der Waals surface area (Å²) in [6.45, 7) is 18.7. The number of carboxylic acid groups (broad SMARTS) is 1. The largest absolute Gasteiger partial charge is 0.465 e. The van der Waals surface area contributed by atoms with Gasteiger partial charge in [-0.2, -0.15) is 0 Å². The third-order valence-corrected chi connectivity index (χ3v) is 5.74. The zero-order valence-corrected chi connectivity index (χ0v) is 20.3. The van der Waals surface area contributed by atoms with E-state index in [1.807, 2.05) is 54.5 Å². The molecule has 0 bridgehead atoms. The summed E-state index contributed by atoms with van der Waals surface area (Å²) in [7, 11) is 0. The number of ether oxygens (including phenoxy) is 1. The van der Waals surface area contributed by atoms with Crippen LogP contribution in [0.1, 0.15) is 75.7 Å². The third kappa shape index (κ3) is 5.16. The summed E-state index contributed by atoms with van der Waals surface area (Å²) in [6, 6.07) is -0.853. The molecular weight excluding hydrogens is 384 g/mol. The van der Waals surface area contributed by atoms with Gasteiger partial charge in [-0.05, 0) is 51.0 Å². The van der Waals surface area contributed by atoms with E-state index in [4.69, 9.17) is 4.74 Å². The van der Waals surface area contributed by atoms with E-state index in [-0.39, 0.29) is 18.4 Å². The second kappa shape index (κ2) is 8.98. The standard InChI is InChI=1S/C23H40N2O5/c1-11-16-13-25(20(28)29)23(15(16)4,21(5,6)7)19(27)24-17(12-14(2)3)18(26)30-22(8,9)10/h11,14-15,17H,12-13H2,1-10H3,(H,24,27)(H,28,29)/b16-11-. The van der Waals surface area contributed by atoms with Gasteiger partial charge in [0.2, 0.25) is 5.91 Å². The molecule has 0 radical (unpaired) electrons. The molecule has 1 saturated heterocycles. The second-order valence-corrected chi connectivity index (χ2v) is 10.7. The van der Waals surface area contributed by atoms with Crippen LogP contribution in [-0.4, -0.2) is 51.7 Å². The predicted octanol–water partition coefficient (Wildman–Crippen LogP) is 4.22. The minimum Gasteiger partial charge on any atom is -0.465 e. The zero-order valence-electron chi connectivity index (χ0n) is 20.3. The Morgan fingerprint density at radius 3 is 2.13 bits per heavy atom. The maximum absolute atomic E-state index is 13.8. The lowest BCUT2D eigenvalue weighted by Gasteiger charge is -2.48. The quantitative estimate of drug-likeness (QED) is 0.509. The molecule has 1 rings (SSSR count). The van der Waals surface area contributed by atoms with E-state index in [2.05, 4.69) is 5.32 Å². The maximum Gasteiger partial charge on any atom is 0.408 e. The van der Waals surface area contributed by atoms with E-state index >= 15 is 0 Å². The average molecular weight is 425 g/mol. The van der Waals surface area contributed by atoms with Gasteiger partial charge in [-0.3, -0.25) is 9.69 Å². The fourth-order valence-electron chi connectivity index (χ4n) is 4.55. The number of carbonyl (C=O) groups is 3. The van der Waals surface area contributed by atoms with Crippen LogP contribution in [0.3, 0.4) is 0 Å². The first-order chi connectivity index (χ1) is 13.5. The van der Waals surface area contributed by atoms with Gasteiger partial charge in [0.05, 0.1) is 0 Å². The Balaban J connectivity index is 3.46. The van der Waals surface area contributed by atoms with Gasteiger partial charge in [-0.25, -0.2) is 9.59 Å². The third-order valence-electron chi connectivity index (χ3n) is 5.74. The number of hydrogen-bond acceptors (Lipinski definition) is 4. The Labute approximate surface area is 181 Å². The lowest BCUT2D eigenvalue weighted by atomic mass is 9.65. The van der Waals surface area contributed by atoms with Crippen molar-refractivity contribution in [3.05, 3.63) is 11.6 Å². The molecule has 3 atom stereocenters. The van der Waals surface area contributed by atoms with Crippen molar-refractivity contribution in [2.24, 2.45) is 17.3 Å². The highest BCUT2D eigenvalue weighted by Gasteiger charge is 2.63. The Morgan fingerprint density at radius 1 is 1.23 bits per heavy atom. The number of rotatable bonds is 5. The van der Waals surface area contributed by atoms with Crippen LogP contribution in [0.4, 0.5) is 4.79 Å². The minimum atomic E-state index is -1.35. The summed E-state index contributed by atoms with van der Waals surface area (Å²) >= 11 is 0. The molecule has 0 spiro atoms. The van der Waals surface area contributed by atoms with Crippen LogP contribution in [0.15, 0.2) is 11.6 Å². The number of amides is 2. The van der Waals surface area contributed by atoms with Crippen LogP contribution in [-0.2, 0) is 14.3 Å². The van der Waals surface area contributed by atoms with Crippen LogP contribution in [0.5, 0.6) is 0 Å². The molecule has 0 aliphatic carbocycles. The summed E-state index contributed by atoms with van der Waals surface area (Å²) in [5.41, 5.74) is -1.86. The SMILES string of the molecule is C/C=C1/CN(C(=O)O)C(C(=O)NC(CC(C)C)C(=O)OC(C)(C)C)(C(C)(C)C)C1C. The Kier molecular flexibility index (Phi) is 7.78. The van der Waals surface area contributed by atoms with Crippen molar-refractivity contribution < 1.29 is 24.2 Å². The van der Waals surface area contributed by atoms with Crippen molar-refractivity contribution in [1.82, 2.24) is 10.2 Å². The molecule has 0 saturated carbocycles. The molecule has 0 aromatic carbocycles. The Morgan fingerprint density at radius 2 is 1.77 bits per heavy atom. The van der Waals surface area contributed by atoms with Gasteiger partial charge in [-0.1, -0.05) is 47.6 Å². The summed E-state index contributed by atoms with van der Waals surface area (Å²) in [6.07, 6.45) is 1.13. The highest BCUT2D eigenvalue weighted by atomic mass is 16.6. The number of carbonyl (C=O) groups excluding carboxylic acids is 2. The lowest BCUT2D eigenvalue weighted by molar-refractivity contribution is -0.161. The number of nitrogens with one attached hydrogen (secondary N) is 1. The first-order valence-corrected chi connectivity index (χ1v) is 10.7. The van der Waals surface area contributed by atoms with E-state index in [1.165, 1.54) is 4.90 Å². The van der Waals surface area contributed by atoms with Gasteiger partial charge in [0.25, 0.3) is 0 Å². The predicted molar refractivity (Wildman–Crippen MR) is 117 cm³/mol. The summed E-state index contributed by atoms with van der Waals surface area (Å²) < 4.78 is 5.53. The number of likely N-dealkylation sites (tertiary alicyclic amines) is 1. The molecule has 0 aromatic rings.